The molecule has 0 radical (unpaired) electrons. The zero-order chi connectivity index (χ0) is 17.4. The van der Waals surface area contributed by atoms with Gasteiger partial charge in [-0.15, -0.1) is 5.92 Å². The minimum Gasteiger partial charge on any atom is -0.366 e. The Morgan fingerprint density at radius 1 is 1.42 bits per heavy atom. The summed E-state index contributed by atoms with van der Waals surface area (Å²) in [7, 11) is 0. The lowest BCUT2D eigenvalue weighted by Gasteiger charge is -2.27. The topological polar surface area (TPSA) is 67.2 Å². The molecule has 2 rings (SSSR count). The smallest absolute Gasteiger partial charge is 0.276 e. The van der Waals surface area contributed by atoms with Gasteiger partial charge in [-0.1, -0.05) is 31.8 Å². The van der Waals surface area contributed by atoms with Crippen LogP contribution in [0.2, 0.25) is 0 Å². The van der Waals surface area contributed by atoms with E-state index in [1.54, 1.807) is 6.08 Å². The Hall–Kier alpha value is -1.80. The third-order valence-corrected chi connectivity index (χ3v) is 4.50. The monoisotopic (exact) mass is 331 g/mol. The van der Waals surface area contributed by atoms with Crippen LogP contribution in [0.15, 0.2) is 23.0 Å². The third-order valence-electron chi connectivity index (χ3n) is 4.50. The highest BCUT2D eigenvalue weighted by Crippen LogP contribution is 2.36. The molecule has 1 heterocycles. The molecule has 0 aromatic heterocycles. The molecule has 1 saturated carbocycles. The van der Waals surface area contributed by atoms with Crippen LogP contribution in [-0.2, 0) is 0 Å². The molecule has 1 saturated heterocycles. The highest BCUT2D eigenvalue weighted by atomic mass is 16.6. The van der Waals surface area contributed by atoms with Crippen molar-refractivity contribution in [1.29, 1.82) is 0 Å². The van der Waals surface area contributed by atoms with E-state index in [4.69, 9.17) is 0 Å². The zero-order valence-corrected chi connectivity index (χ0v) is 14.9. The van der Waals surface area contributed by atoms with Crippen LogP contribution in [0.1, 0.15) is 58.8 Å². The number of nitrogens with zero attached hydrogens (tertiary/aromatic N) is 1. The number of allylic oxidation sites excluding steroid dienone is 3. The Labute approximate surface area is 145 Å². The van der Waals surface area contributed by atoms with Gasteiger partial charge in [0.1, 0.15) is 0 Å². The summed E-state index contributed by atoms with van der Waals surface area (Å²) >= 11 is 0. The summed E-state index contributed by atoms with van der Waals surface area (Å²) in [5.74, 6) is 6.61. The zero-order valence-electron chi connectivity index (χ0n) is 14.9. The molecule has 0 aromatic carbocycles. The highest BCUT2D eigenvalue weighted by Gasteiger charge is 2.30. The predicted molar refractivity (Wildman–Crippen MR) is 96.8 cm³/mol. The Morgan fingerprint density at radius 2 is 2.12 bits per heavy atom. The fourth-order valence-electron chi connectivity index (χ4n) is 3.08. The Morgan fingerprint density at radius 3 is 2.67 bits per heavy atom. The second-order valence-electron chi connectivity index (χ2n) is 6.47. The van der Waals surface area contributed by atoms with Crippen molar-refractivity contribution in [2.45, 2.75) is 64.8 Å². The predicted octanol–water partition coefficient (Wildman–Crippen LogP) is 3.37. The van der Waals surface area contributed by atoms with Crippen molar-refractivity contribution >= 4 is 0 Å². The van der Waals surface area contributed by atoms with Gasteiger partial charge in [-0.25, -0.2) is 0 Å². The van der Waals surface area contributed by atoms with Gasteiger partial charge in [0.2, 0.25) is 0 Å². The quantitative estimate of drug-likeness (QED) is 0.426. The van der Waals surface area contributed by atoms with Crippen molar-refractivity contribution in [3.8, 4) is 11.8 Å². The number of rotatable bonds is 7. The fraction of sp³-hybridized carbons (Fsp3) is 0.684. The van der Waals surface area contributed by atoms with Gasteiger partial charge in [-0.05, 0) is 51.3 Å². The molecule has 0 bridgehead atoms. The highest BCUT2D eigenvalue weighted by molar-refractivity contribution is 5.31. The SMILES string of the molecule is CCC#CC(NC(=C1CC1)C1CCNCC1)/C(=C\CCC)[N+](=O)[O-]. The van der Waals surface area contributed by atoms with Gasteiger partial charge in [0.15, 0.2) is 6.04 Å². The number of unbranched alkanes of at least 4 members (excludes halogenated alkanes) is 1. The maximum Gasteiger partial charge on any atom is 0.276 e. The van der Waals surface area contributed by atoms with Gasteiger partial charge in [0.05, 0.1) is 4.92 Å². The van der Waals surface area contributed by atoms with Crippen LogP contribution in [0.4, 0.5) is 0 Å². The molecule has 1 aliphatic heterocycles. The first kappa shape index (κ1) is 18.5. The Bertz CT molecular complexity index is 557. The van der Waals surface area contributed by atoms with Gasteiger partial charge < -0.3 is 10.6 Å². The van der Waals surface area contributed by atoms with Gasteiger partial charge >= 0.3 is 0 Å². The fourth-order valence-corrected chi connectivity index (χ4v) is 3.08. The molecular formula is C19H29N3O2. The van der Waals surface area contributed by atoms with Crippen molar-refractivity contribution in [3.05, 3.63) is 33.2 Å². The number of hydrogen-bond donors (Lipinski definition) is 2. The van der Waals surface area contributed by atoms with Gasteiger partial charge in [0.25, 0.3) is 5.70 Å². The van der Waals surface area contributed by atoms with E-state index in [0.29, 0.717) is 18.8 Å². The molecule has 0 aromatic rings. The molecule has 2 N–H and O–H groups in total. The molecule has 1 unspecified atom stereocenters. The van der Waals surface area contributed by atoms with E-state index >= 15 is 0 Å². The molecule has 2 aliphatic rings. The minimum absolute atomic E-state index is 0.200. The molecule has 5 nitrogen and oxygen atoms in total. The van der Waals surface area contributed by atoms with Crippen molar-refractivity contribution in [2.24, 2.45) is 5.92 Å². The van der Waals surface area contributed by atoms with E-state index in [1.165, 1.54) is 11.3 Å². The molecule has 24 heavy (non-hydrogen) atoms. The third kappa shape index (κ3) is 5.38. The second kappa shape index (κ2) is 9.48. The van der Waals surface area contributed by atoms with E-state index in [9.17, 15) is 10.1 Å². The van der Waals surface area contributed by atoms with Gasteiger partial charge in [-0.2, -0.15) is 0 Å². The van der Waals surface area contributed by atoms with Crippen LogP contribution in [0.5, 0.6) is 0 Å². The van der Waals surface area contributed by atoms with Crippen LogP contribution < -0.4 is 10.6 Å². The average Bonchev–Trinajstić information content (AvgIpc) is 3.42. The number of piperidine rings is 1. The van der Waals surface area contributed by atoms with Crippen LogP contribution in [0.25, 0.3) is 0 Å². The lowest BCUT2D eigenvalue weighted by Crippen LogP contribution is -2.38. The number of nitro groups is 1. The maximum absolute atomic E-state index is 11.6. The van der Waals surface area contributed by atoms with Crippen LogP contribution >= 0.6 is 0 Å². The number of hydrogen-bond acceptors (Lipinski definition) is 4. The average molecular weight is 331 g/mol. The summed E-state index contributed by atoms with van der Waals surface area (Å²) in [5.41, 5.74) is 2.87. The molecule has 132 valence electrons. The molecule has 1 atom stereocenters. The summed E-state index contributed by atoms with van der Waals surface area (Å²) in [6.45, 7) is 6.03. The normalized spacial score (nSPS) is 19.2. The van der Waals surface area contributed by atoms with Crippen molar-refractivity contribution in [3.63, 3.8) is 0 Å². The first-order valence-electron chi connectivity index (χ1n) is 9.19. The van der Waals surface area contributed by atoms with Crippen LogP contribution in [0.3, 0.4) is 0 Å². The molecular weight excluding hydrogens is 302 g/mol. The summed E-state index contributed by atoms with van der Waals surface area (Å²) in [6.07, 6.45) is 8.46. The van der Waals surface area contributed by atoms with E-state index in [0.717, 1.165) is 45.2 Å². The van der Waals surface area contributed by atoms with E-state index in [1.807, 2.05) is 13.8 Å². The summed E-state index contributed by atoms with van der Waals surface area (Å²) < 4.78 is 0. The van der Waals surface area contributed by atoms with Crippen molar-refractivity contribution < 1.29 is 4.92 Å². The van der Waals surface area contributed by atoms with E-state index in [2.05, 4.69) is 22.5 Å². The summed E-state index contributed by atoms with van der Waals surface area (Å²) in [6, 6.07) is -0.510. The summed E-state index contributed by atoms with van der Waals surface area (Å²) in [5, 5.41) is 18.4. The maximum atomic E-state index is 11.6. The molecule has 1 aliphatic carbocycles. The number of nitrogens with one attached hydrogen (secondary N) is 2. The van der Waals surface area contributed by atoms with Crippen LogP contribution in [-0.4, -0.2) is 24.1 Å². The van der Waals surface area contributed by atoms with Gasteiger partial charge in [0, 0.05) is 18.0 Å². The van der Waals surface area contributed by atoms with Crippen molar-refractivity contribution in [2.75, 3.05) is 13.1 Å². The Balaban J connectivity index is 2.23. The first-order valence-corrected chi connectivity index (χ1v) is 9.19. The van der Waals surface area contributed by atoms with Crippen molar-refractivity contribution in [1.82, 2.24) is 10.6 Å². The molecule has 0 spiro atoms. The minimum atomic E-state index is -0.510. The molecule has 0 amide bonds. The lowest BCUT2D eigenvalue weighted by atomic mass is 9.93. The van der Waals surface area contributed by atoms with E-state index in [-0.39, 0.29) is 10.6 Å². The largest absolute Gasteiger partial charge is 0.366 e. The molecule has 5 heteroatoms. The van der Waals surface area contributed by atoms with Crippen LogP contribution in [0, 0.1) is 27.9 Å². The Kier molecular flexibility index (Phi) is 7.33. The standard InChI is InChI=1S/C19H29N3O2/c1-3-5-7-17(18(22(23)24)8-6-4-2)21-19(15-9-10-15)16-11-13-20-14-12-16/h8,16-17,20-21H,3-4,6,9-14H2,1-2H3/b18-8+. The first-order chi connectivity index (χ1) is 11.7. The summed E-state index contributed by atoms with van der Waals surface area (Å²) in [4.78, 5) is 11.3. The van der Waals surface area contributed by atoms with Gasteiger partial charge in [-0.3, -0.25) is 10.1 Å². The molecule has 2 fully saturated rings. The second-order valence-corrected chi connectivity index (χ2v) is 6.47. The van der Waals surface area contributed by atoms with E-state index < -0.39 is 6.04 Å². The lowest BCUT2D eigenvalue weighted by molar-refractivity contribution is -0.429.